The molecule has 0 N–H and O–H groups in total. The first kappa shape index (κ1) is 15.4. The van der Waals surface area contributed by atoms with E-state index in [9.17, 15) is 14.9 Å². The molecule has 1 saturated heterocycles. The predicted molar refractivity (Wildman–Crippen MR) is 77.0 cm³/mol. The van der Waals surface area contributed by atoms with E-state index in [4.69, 9.17) is 4.84 Å². The van der Waals surface area contributed by atoms with Crippen LogP contribution >= 0.6 is 0 Å². The molecule has 1 aromatic rings. The molecule has 114 valence electrons. The van der Waals surface area contributed by atoms with Crippen molar-refractivity contribution in [2.75, 3.05) is 13.1 Å². The van der Waals surface area contributed by atoms with Crippen LogP contribution in [0.25, 0.3) is 0 Å². The average molecular weight is 292 g/mol. The van der Waals surface area contributed by atoms with Crippen molar-refractivity contribution < 1.29 is 14.6 Å². The van der Waals surface area contributed by atoms with Crippen molar-refractivity contribution >= 4 is 5.97 Å². The second-order valence-electron chi connectivity index (χ2n) is 5.47. The van der Waals surface area contributed by atoms with Gasteiger partial charge >= 0.3 is 5.97 Å². The summed E-state index contributed by atoms with van der Waals surface area (Å²) in [5.41, 5.74) is 1.07. The zero-order valence-electron chi connectivity index (χ0n) is 12.1. The van der Waals surface area contributed by atoms with Crippen LogP contribution in [0.15, 0.2) is 30.3 Å². The van der Waals surface area contributed by atoms with Crippen molar-refractivity contribution in [2.45, 2.75) is 32.2 Å². The van der Waals surface area contributed by atoms with E-state index in [1.54, 1.807) is 0 Å². The van der Waals surface area contributed by atoms with Crippen LogP contribution in [0.2, 0.25) is 0 Å². The van der Waals surface area contributed by atoms with Gasteiger partial charge in [-0.05, 0) is 18.4 Å². The van der Waals surface area contributed by atoms with E-state index in [1.165, 1.54) is 5.06 Å². The van der Waals surface area contributed by atoms with Crippen molar-refractivity contribution in [3.8, 4) is 0 Å². The van der Waals surface area contributed by atoms with E-state index >= 15 is 0 Å². The lowest BCUT2D eigenvalue weighted by atomic mass is 10.0. The molecule has 0 aliphatic carbocycles. The number of carbonyl (C=O) groups excluding carboxylic acids is 1. The first-order chi connectivity index (χ1) is 10.1. The lowest BCUT2D eigenvalue weighted by Crippen LogP contribution is -2.43. The SMILES string of the molecule is CC(Cc1ccccc1)C(=O)ON1CCCC([N+](=O)[O-])C1. The van der Waals surface area contributed by atoms with Gasteiger partial charge in [0, 0.05) is 17.9 Å². The van der Waals surface area contributed by atoms with Crippen LogP contribution in [-0.2, 0) is 16.1 Å². The molecule has 0 radical (unpaired) electrons. The maximum atomic E-state index is 12.1. The number of benzene rings is 1. The fourth-order valence-electron chi connectivity index (χ4n) is 2.44. The third-order valence-electron chi connectivity index (χ3n) is 3.66. The number of nitrogens with zero attached hydrogens (tertiary/aromatic N) is 2. The van der Waals surface area contributed by atoms with Crippen LogP contribution < -0.4 is 0 Å². The lowest BCUT2D eigenvalue weighted by Gasteiger charge is -2.27. The first-order valence-electron chi connectivity index (χ1n) is 7.20. The second-order valence-corrected chi connectivity index (χ2v) is 5.47. The van der Waals surface area contributed by atoms with E-state index < -0.39 is 6.04 Å². The Morgan fingerprint density at radius 2 is 2.19 bits per heavy atom. The molecule has 2 atom stereocenters. The average Bonchev–Trinajstić information content (AvgIpc) is 2.48. The normalized spacial score (nSPS) is 20.7. The van der Waals surface area contributed by atoms with E-state index in [1.807, 2.05) is 37.3 Å². The quantitative estimate of drug-likeness (QED) is 0.613. The van der Waals surface area contributed by atoms with E-state index in [0.717, 1.165) is 5.56 Å². The Balaban J connectivity index is 1.84. The molecule has 1 aromatic carbocycles. The summed E-state index contributed by atoms with van der Waals surface area (Å²) in [7, 11) is 0. The van der Waals surface area contributed by atoms with Gasteiger partial charge < -0.3 is 4.84 Å². The minimum atomic E-state index is -0.643. The Hall–Kier alpha value is -1.95. The molecule has 0 spiro atoms. The summed E-state index contributed by atoms with van der Waals surface area (Å²) in [6, 6.07) is 9.08. The lowest BCUT2D eigenvalue weighted by molar-refractivity contribution is -0.530. The third-order valence-corrected chi connectivity index (χ3v) is 3.66. The van der Waals surface area contributed by atoms with Gasteiger partial charge in [-0.2, -0.15) is 0 Å². The number of hydrogen-bond acceptors (Lipinski definition) is 5. The molecular weight excluding hydrogens is 272 g/mol. The molecule has 6 nitrogen and oxygen atoms in total. The van der Waals surface area contributed by atoms with Crippen LogP contribution in [0.3, 0.4) is 0 Å². The fourth-order valence-corrected chi connectivity index (χ4v) is 2.44. The van der Waals surface area contributed by atoms with E-state index in [2.05, 4.69) is 0 Å². The summed E-state index contributed by atoms with van der Waals surface area (Å²) >= 11 is 0. The Morgan fingerprint density at radius 1 is 1.48 bits per heavy atom. The third kappa shape index (κ3) is 4.53. The highest BCUT2D eigenvalue weighted by molar-refractivity contribution is 5.72. The Labute approximate surface area is 123 Å². The van der Waals surface area contributed by atoms with Crippen LogP contribution in [-0.4, -0.2) is 35.1 Å². The molecule has 2 unspecified atom stereocenters. The van der Waals surface area contributed by atoms with Gasteiger partial charge in [-0.3, -0.25) is 14.9 Å². The summed E-state index contributed by atoms with van der Waals surface area (Å²) in [6.45, 7) is 2.55. The predicted octanol–water partition coefficient (Wildman–Crippen LogP) is 2.06. The van der Waals surface area contributed by atoms with Gasteiger partial charge in [-0.15, -0.1) is 5.06 Å². The highest BCUT2D eigenvalue weighted by atomic mass is 16.7. The summed E-state index contributed by atoms with van der Waals surface area (Å²) in [5, 5.41) is 12.2. The van der Waals surface area contributed by atoms with Crippen molar-refractivity contribution in [3.05, 3.63) is 46.0 Å². The van der Waals surface area contributed by atoms with Gasteiger partial charge in [-0.25, -0.2) is 0 Å². The van der Waals surface area contributed by atoms with Gasteiger partial charge in [0.15, 0.2) is 0 Å². The molecule has 1 fully saturated rings. The molecule has 0 saturated carbocycles. The van der Waals surface area contributed by atoms with Gasteiger partial charge in [0.05, 0.1) is 5.92 Å². The number of carbonyl (C=O) groups is 1. The van der Waals surface area contributed by atoms with Gasteiger partial charge in [0.2, 0.25) is 6.04 Å². The number of hydroxylamine groups is 2. The van der Waals surface area contributed by atoms with Gasteiger partial charge in [0.25, 0.3) is 0 Å². The van der Waals surface area contributed by atoms with Crippen molar-refractivity contribution in [2.24, 2.45) is 5.92 Å². The summed E-state index contributed by atoms with van der Waals surface area (Å²) < 4.78 is 0. The molecule has 1 heterocycles. The molecule has 1 aliphatic heterocycles. The Kier molecular flexibility index (Phi) is 5.27. The smallest absolute Gasteiger partial charge is 0.328 e. The van der Waals surface area contributed by atoms with E-state index in [-0.39, 0.29) is 23.4 Å². The van der Waals surface area contributed by atoms with Crippen LogP contribution in [0.4, 0.5) is 0 Å². The summed E-state index contributed by atoms with van der Waals surface area (Å²) in [5.74, 6) is -0.605. The van der Waals surface area contributed by atoms with E-state index in [0.29, 0.717) is 25.8 Å². The Bertz CT molecular complexity index is 492. The minimum Gasteiger partial charge on any atom is -0.367 e. The topological polar surface area (TPSA) is 72.7 Å². The number of nitro groups is 1. The number of piperidine rings is 1. The fraction of sp³-hybridized carbons (Fsp3) is 0.533. The molecule has 21 heavy (non-hydrogen) atoms. The zero-order valence-corrected chi connectivity index (χ0v) is 12.1. The first-order valence-corrected chi connectivity index (χ1v) is 7.20. The zero-order chi connectivity index (χ0) is 15.2. The molecule has 0 bridgehead atoms. The molecule has 2 rings (SSSR count). The standard InChI is InChI=1S/C15H20N2O4/c1-12(10-13-6-3-2-4-7-13)15(18)21-16-9-5-8-14(11-16)17(19)20/h2-4,6-7,12,14H,5,8-11H2,1H3. The van der Waals surface area contributed by atoms with Crippen LogP contribution in [0.5, 0.6) is 0 Å². The summed E-state index contributed by atoms with van der Waals surface area (Å²) in [4.78, 5) is 27.9. The highest BCUT2D eigenvalue weighted by Gasteiger charge is 2.31. The summed E-state index contributed by atoms with van der Waals surface area (Å²) in [6.07, 6.45) is 1.82. The van der Waals surface area contributed by atoms with Gasteiger partial charge in [0.1, 0.15) is 6.54 Å². The minimum absolute atomic E-state index is 0.177. The van der Waals surface area contributed by atoms with Crippen molar-refractivity contribution in [3.63, 3.8) is 0 Å². The molecule has 0 amide bonds. The van der Waals surface area contributed by atoms with Crippen molar-refractivity contribution in [1.82, 2.24) is 5.06 Å². The highest BCUT2D eigenvalue weighted by Crippen LogP contribution is 2.15. The van der Waals surface area contributed by atoms with Crippen LogP contribution in [0.1, 0.15) is 25.3 Å². The maximum absolute atomic E-state index is 12.1. The second kappa shape index (κ2) is 7.17. The molecule has 6 heteroatoms. The number of rotatable bonds is 5. The molecule has 0 aromatic heterocycles. The van der Waals surface area contributed by atoms with Crippen LogP contribution in [0, 0.1) is 16.0 Å². The molecule has 1 aliphatic rings. The van der Waals surface area contributed by atoms with Gasteiger partial charge in [-0.1, -0.05) is 37.3 Å². The maximum Gasteiger partial charge on any atom is 0.328 e. The van der Waals surface area contributed by atoms with Crippen molar-refractivity contribution in [1.29, 1.82) is 0 Å². The molecular formula is C15H20N2O4. The monoisotopic (exact) mass is 292 g/mol. The largest absolute Gasteiger partial charge is 0.367 e. The number of hydrogen-bond donors (Lipinski definition) is 0. The Morgan fingerprint density at radius 3 is 2.86 bits per heavy atom.